The summed E-state index contributed by atoms with van der Waals surface area (Å²) in [5, 5.41) is 50.9. The fourth-order valence-corrected chi connectivity index (χ4v) is 2.54. The number of amides is 1. The van der Waals surface area contributed by atoms with Crippen LogP contribution in [0.25, 0.3) is 0 Å². The van der Waals surface area contributed by atoms with Gasteiger partial charge in [-0.1, -0.05) is 6.92 Å². The molecule has 0 unspecified atom stereocenters. The third kappa shape index (κ3) is 4.62. The van der Waals surface area contributed by atoms with Gasteiger partial charge in [-0.3, -0.25) is 4.79 Å². The third-order valence-electron chi connectivity index (χ3n) is 3.73. The van der Waals surface area contributed by atoms with Crippen molar-refractivity contribution in [1.82, 2.24) is 5.32 Å². The maximum atomic E-state index is 11.6. The molecular formula is C14H25NO9. The van der Waals surface area contributed by atoms with E-state index in [0.717, 1.165) is 0 Å². The van der Waals surface area contributed by atoms with Crippen molar-refractivity contribution in [3.8, 4) is 0 Å². The number of ether oxygens (including phenoxy) is 2. The Morgan fingerprint density at radius 2 is 2.04 bits per heavy atom. The Kier molecular flexibility index (Phi) is 7.52. The lowest BCUT2D eigenvalue weighted by Gasteiger charge is -2.46. The van der Waals surface area contributed by atoms with Crippen LogP contribution in [0.3, 0.4) is 0 Å². The first-order valence-electron chi connectivity index (χ1n) is 7.65. The van der Waals surface area contributed by atoms with E-state index in [2.05, 4.69) is 5.32 Å². The highest BCUT2D eigenvalue weighted by Crippen LogP contribution is 2.33. The number of carbonyl (C=O) groups excluding carboxylic acids is 1. The highest BCUT2D eigenvalue weighted by molar-refractivity contribution is 5.76. The molecule has 0 aromatic rings. The van der Waals surface area contributed by atoms with Crippen LogP contribution in [0.1, 0.15) is 26.7 Å². The maximum Gasteiger partial charge on any atom is 0.364 e. The summed E-state index contributed by atoms with van der Waals surface area (Å²) in [6.07, 6.45) is -6.34. The van der Waals surface area contributed by atoms with Crippen LogP contribution in [-0.4, -0.2) is 86.9 Å². The van der Waals surface area contributed by atoms with E-state index in [9.17, 15) is 30.0 Å². The normalized spacial score (nSPS) is 32.8. The first-order chi connectivity index (χ1) is 11.2. The summed E-state index contributed by atoms with van der Waals surface area (Å²) >= 11 is 0. The number of carboxylic acid groups (broad SMARTS) is 1. The van der Waals surface area contributed by atoms with Gasteiger partial charge < -0.3 is 40.3 Å². The Bertz CT molecular complexity index is 446. The number of aliphatic hydroxyl groups excluding tert-OH is 4. The first-order valence-corrected chi connectivity index (χ1v) is 7.65. The first kappa shape index (κ1) is 20.7. The highest BCUT2D eigenvalue weighted by atomic mass is 16.7. The van der Waals surface area contributed by atoms with Gasteiger partial charge in [0.1, 0.15) is 18.3 Å². The van der Waals surface area contributed by atoms with Gasteiger partial charge in [0.05, 0.1) is 25.4 Å². The zero-order valence-corrected chi connectivity index (χ0v) is 13.6. The Morgan fingerprint density at radius 1 is 1.42 bits per heavy atom. The second-order valence-electron chi connectivity index (χ2n) is 5.73. The minimum Gasteiger partial charge on any atom is -0.477 e. The SMILES string of the molecule is CCCO[C@@]1(C(=O)O)C[C@H](O)[C@@H](NC(C)=O)[C@H]([C@H](O)[C@H](O)CO)O1. The molecule has 1 saturated heterocycles. The lowest BCUT2D eigenvalue weighted by atomic mass is 9.88. The molecule has 10 heteroatoms. The van der Waals surface area contributed by atoms with Gasteiger partial charge >= 0.3 is 5.97 Å². The predicted octanol–water partition coefficient (Wildman–Crippen LogP) is -2.44. The Morgan fingerprint density at radius 3 is 2.50 bits per heavy atom. The van der Waals surface area contributed by atoms with Crippen LogP contribution in [0, 0.1) is 0 Å². The topological polar surface area (TPSA) is 166 Å². The Balaban J connectivity index is 3.16. The summed E-state index contributed by atoms with van der Waals surface area (Å²) in [6, 6.07) is -1.18. The van der Waals surface area contributed by atoms with E-state index in [4.69, 9.17) is 14.6 Å². The molecule has 0 aromatic heterocycles. The molecule has 1 heterocycles. The molecule has 1 rings (SSSR count). The van der Waals surface area contributed by atoms with Gasteiger partial charge in [0, 0.05) is 13.3 Å². The minimum absolute atomic E-state index is 0.0230. The van der Waals surface area contributed by atoms with E-state index >= 15 is 0 Å². The molecule has 1 aliphatic heterocycles. The predicted molar refractivity (Wildman–Crippen MR) is 78.8 cm³/mol. The van der Waals surface area contributed by atoms with Gasteiger partial charge in [0.2, 0.25) is 5.91 Å². The summed E-state index contributed by atoms with van der Waals surface area (Å²) < 4.78 is 10.6. The standard InChI is InChI=1S/C14H25NO9/c1-3-4-23-14(13(21)22)5-8(18)10(15-7(2)17)12(24-14)11(20)9(19)6-16/h8-12,16,18-20H,3-6H2,1-2H3,(H,15,17)(H,21,22)/t8-,9+,10+,11+,12+,14-/m0/s1. The number of nitrogens with one attached hydrogen (secondary N) is 1. The summed E-state index contributed by atoms with van der Waals surface area (Å²) in [7, 11) is 0. The number of carboxylic acids is 1. The molecule has 24 heavy (non-hydrogen) atoms. The molecule has 0 radical (unpaired) electrons. The van der Waals surface area contributed by atoms with Gasteiger partial charge in [-0.05, 0) is 6.42 Å². The zero-order chi connectivity index (χ0) is 18.5. The lowest BCUT2D eigenvalue weighted by molar-refractivity contribution is -0.311. The van der Waals surface area contributed by atoms with E-state index < -0.39 is 61.1 Å². The van der Waals surface area contributed by atoms with Crippen molar-refractivity contribution in [2.75, 3.05) is 13.2 Å². The number of aliphatic carboxylic acids is 1. The van der Waals surface area contributed by atoms with Crippen LogP contribution in [0.4, 0.5) is 0 Å². The number of rotatable bonds is 8. The fourth-order valence-electron chi connectivity index (χ4n) is 2.54. The molecular weight excluding hydrogens is 326 g/mol. The highest BCUT2D eigenvalue weighted by Gasteiger charge is 2.55. The second kappa shape index (κ2) is 8.70. The van der Waals surface area contributed by atoms with E-state index in [1.165, 1.54) is 6.92 Å². The van der Waals surface area contributed by atoms with Crippen LogP contribution in [-0.2, 0) is 19.1 Å². The van der Waals surface area contributed by atoms with E-state index in [0.29, 0.717) is 6.42 Å². The van der Waals surface area contributed by atoms with E-state index in [1.807, 2.05) is 0 Å². The van der Waals surface area contributed by atoms with Crippen LogP contribution < -0.4 is 5.32 Å². The maximum absolute atomic E-state index is 11.6. The molecule has 0 aliphatic carbocycles. The average Bonchev–Trinajstić information content (AvgIpc) is 2.53. The fraction of sp³-hybridized carbons (Fsp3) is 0.857. The summed E-state index contributed by atoms with van der Waals surface area (Å²) in [5.41, 5.74) is 0. The van der Waals surface area contributed by atoms with Crippen LogP contribution in [0.2, 0.25) is 0 Å². The van der Waals surface area contributed by atoms with Crippen LogP contribution in [0.15, 0.2) is 0 Å². The monoisotopic (exact) mass is 351 g/mol. The largest absolute Gasteiger partial charge is 0.477 e. The quantitative estimate of drug-likeness (QED) is 0.278. The van der Waals surface area contributed by atoms with Crippen molar-refractivity contribution in [2.45, 2.75) is 62.9 Å². The summed E-state index contributed by atoms with van der Waals surface area (Å²) in [6.45, 7) is 2.12. The molecule has 6 atom stereocenters. The molecule has 6 N–H and O–H groups in total. The smallest absolute Gasteiger partial charge is 0.364 e. The van der Waals surface area contributed by atoms with Crippen molar-refractivity contribution < 1.29 is 44.6 Å². The van der Waals surface area contributed by atoms with Gasteiger partial charge in [0.25, 0.3) is 5.79 Å². The van der Waals surface area contributed by atoms with E-state index in [-0.39, 0.29) is 6.61 Å². The molecule has 1 aliphatic rings. The Labute approximate surface area is 139 Å². The van der Waals surface area contributed by atoms with Gasteiger partial charge in [0.15, 0.2) is 0 Å². The van der Waals surface area contributed by atoms with Crippen LogP contribution >= 0.6 is 0 Å². The molecule has 0 spiro atoms. The number of carbonyl (C=O) groups is 2. The lowest BCUT2D eigenvalue weighted by Crippen LogP contribution is -2.67. The van der Waals surface area contributed by atoms with Gasteiger partial charge in [-0.15, -0.1) is 0 Å². The van der Waals surface area contributed by atoms with Crippen molar-refractivity contribution >= 4 is 11.9 Å². The number of hydrogen-bond acceptors (Lipinski definition) is 8. The van der Waals surface area contributed by atoms with Crippen molar-refractivity contribution in [1.29, 1.82) is 0 Å². The van der Waals surface area contributed by atoms with Crippen LogP contribution in [0.5, 0.6) is 0 Å². The Hall–Kier alpha value is -1.30. The number of hydrogen-bond donors (Lipinski definition) is 6. The second-order valence-corrected chi connectivity index (χ2v) is 5.73. The third-order valence-corrected chi connectivity index (χ3v) is 3.73. The molecule has 1 fully saturated rings. The minimum atomic E-state index is -2.23. The molecule has 1 amide bonds. The van der Waals surface area contributed by atoms with E-state index in [1.54, 1.807) is 6.92 Å². The summed E-state index contributed by atoms with van der Waals surface area (Å²) in [4.78, 5) is 22.9. The molecule has 0 saturated carbocycles. The summed E-state index contributed by atoms with van der Waals surface area (Å²) in [5.74, 6) is -4.28. The zero-order valence-electron chi connectivity index (χ0n) is 13.6. The van der Waals surface area contributed by atoms with Crippen molar-refractivity contribution in [3.63, 3.8) is 0 Å². The van der Waals surface area contributed by atoms with Crippen molar-refractivity contribution in [3.05, 3.63) is 0 Å². The average molecular weight is 351 g/mol. The number of aliphatic hydroxyl groups is 4. The molecule has 10 nitrogen and oxygen atoms in total. The molecule has 0 bridgehead atoms. The van der Waals surface area contributed by atoms with Crippen molar-refractivity contribution in [2.24, 2.45) is 0 Å². The molecule has 0 aromatic carbocycles. The molecule has 140 valence electrons. The van der Waals surface area contributed by atoms with Gasteiger partial charge in [-0.2, -0.15) is 0 Å². The van der Waals surface area contributed by atoms with Gasteiger partial charge in [-0.25, -0.2) is 4.79 Å².